The average Bonchev–Trinajstić information content (AvgIpc) is 3.19. The fourth-order valence-electron chi connectivity index (χ4n) is 4.20. The van der Waals surface area contributed by atoms with Gasteiger partial charge in [0.25, 0.3) is 0 Å². The number of hydrogen-bond acceptors (Lipinski definition) is 8. The smallest absolute Gasteiger partial charge is 0.225 e. The Morgan fingerprint density at radius 3 is 2.59 bits per heavy atom. The topological polar surface area (TPSA) is 103 Å². The van der Waals surface area contributed by atoms with Gasteiger partial charge in [-0.1, -0.05) is 42.5 Å². The number of anilines is 2. The van der Waals surface area contributed by atoms with Gasteiger partial charge < -0.3 is 20.5 Å². The Morgan fingerprint density at radius 1 is 1.03 bits per heavy atom. The number of nitrogens with zero attached hydrogens (tertiary/aromatic N) is 5. The van der Waals surface area contributed by atoms with Gasteiger partial charge in [-0.3, -0.25) is 4.90 Å². The molecule has 0 amide bonds. The van der Waals surface area contributed by atoms with E-state index in [4.69, 9.17) is 30.3 Å². The van der Waals surface area contributed by atoms with Crippen molar-refractivity contribution in [1.82, 2.24) is 24.6 Å². The largest absolute Gasteiger partial charge is 0.496 e. The van der Waals surface area contributed by atoms with Crippen LogP contribution >= 0.6 is 0 Å². The van der Waals surface area contributed by atoms with E-state index in [9.17, 15) is 0 Å². The molecule has 0 unspecified atom stereocenters. The molecule has 9 nitrogen and oxygen atoms in total. The summed E-state index contributed by atoms with van der Waals surface area (Å²) in [7, 11) is 1.65. The number of rotatable bonds is 8. The van der Waals surface area contributed by atoms with Crippen molar-refractivity contribution >= 4 is 22.8 Å². The molecule has 3 heterocycles. The number of morpholine rings is 1. The number of methoxy groups -OCH3 is 1. The second-order valence-corrected chi connectivity index (χ2v) is 8.20. The molecule has 0 atom stereocenters. The third-order valence-electron chi connectivity index (χ3n) is 5.99. The van der Waals surface area contributed by atoms with E-state index in [2.05, 4.69) is 22.3 Å². The summed E-state index contributed by atoms with van der Waals surface area (Å²) in [4.78, 5) is 11.9. The van der Waals surface area contributed by atoms with Crippen LogP contribution in [0.2, 0.25) is 0 Å². The van der Waals surface area contributed by atoms with Gasteiger partial charge in [-0.2, -0.15) is 4.98 Å². The second kappa shape index (κ2) is 10.1. The zero-order chi connectivity index (χ0) is 23.3. The van der Waals surface area contributed by atoms with Gasteiger partial charge in [0.05, 0.1) is 37.9 Å². The van der Waals surface area contributed by atoms with Gasteiger partial charge in [-0.25, -0.2) is 9.67 Å². The van der Waals surface area contributed by atoms with Gasteiger partial charge in [0.2, 0.25) is 5.95 Å². The Hall–Kier alpha value is -3.69. The predicted molar refractivity (Wildman–Crippen MR) is 133 cm³/mol. The zero-order valence-corrected chi connectivity index (χ0v) is 19.3. The lowest BCUT2D eigenvalue weighted by Crippen LogP contribution is -2.39. The highest BCUT2D eigenvalue weighted by Gasteiger charge is 2.21. The van der Waals surface area contributed by atoms with E-state index in [0.29, 0.717) is 29.7 Å². The number of aromatic nitrogens is 4. The van der Waals surface area contributed by atoms with E-state index >= 15 is 0 Å². The molecule has 0 saturated carbocycles. The summed E-state index contributed by atoms with van der Waals surface area (Å²) in [5, 5.41) is 8.84. The fraction of sp³-hybridized carbons (Fsp3) is 0.320. The van der Waals surface area contributed by atoms with E-state index < -0.39 is 0 Å². The first-order valence-corrected chi connectivity index (χ1v) is 11.5. The van der Waals surface area contributed by atoms with Gasteiger partial charge in [0, 0.05) is 31.7 Å². The molecule has 1 saturated heterocycles. The Balaban J connectivity index is 1.51. The number of para-hydroxylation sites is 1. The van der Waals surface area contributed by atoms with Crippen LogP contribution in [0.3, 0.4) is 0 Å². The number of nitrogen functional groups attached to an aromatic ring is 1. The Labute approximate surface area is 198 Å². The molecule has 0 aliphatic carbocycles. The first kappa shape index (κ1) is 22.1. The lowest BCUT2D eigenvalue weighted by molar-refractivity contribution is 0.0398. The minimum Gasteiger partial charge on any atom is -0.496 e. The van der Waals surface area contributed by atoms with Gasteiger partial charge >= 0.3 is 0 Å². The van der Waals surface area contributed by atoms with Crippen molar-refractivity contribution in [2.75, 3.05) is 57.6 Å². The molecule has 0 spiro atoms. The SMILES string of the molecule is COc1ccccc1-c1nc(NCCN2CCOCC2)nc2nn(Cc3ccccc3)c(N)c12. The number of nitrogens with one attached hydrogen (secondary N) is 1. The summed E-state index contributed by atoms with van der Waals surface area (Å²) in [6.45, 7) is 5.59. The van der Waals surface area contributed by atoms with Crippen LogP contribution < -0.4 is 15.8 Å². The molecular weight excluding hydrogens is 430 g/mol. The van der Waals surface area contributed by atoms with Crippen LogP contribution in [-0.2, 0) is 11.3 Å². The highest BCUT2D eigenvalue weighted by atomic mass is 16.5. The molecule has 0 radical (unpaired) electrons. The minimum absolute atomic E-state index is 0.519. The highest BCUT2D eigenvalue weighted by molar-refractivity contribution is 6.00. The molecule has 2 aromatic heterocycles. The van der Waals surface area contributed by atoms with E-state index in [0.717, 1.165) is 61.7 Å². The molecule has 4 aromatic rings. The van der Waals surface area contributed by atoms with Crippen molar-refractivity contribution in [2.45, 2.75) is 6.54 Å². The van der Waals surface area contributed by atoms with Crippen LogP contribution in [0.25, 0.3) is 22.3 Å². The third kappa shape index (κ3) is 4.66. The van der Waals surface area contributed by atoms with Crippen LogP contribution in [0.4, 0.5) is 11.8 Å². The van der Waals surface area contributed by atoms with Crippen molar-refractivity contribution in [3.63, 3.8) is 0 Å². The lowest BCUT2D eigenvalue weighted by atomic mass is 10.1. The Kier molecular flexibility index (Phi) is 6.55. The van der Waals surface area contributed by atoms with Gasteiger partial charge in [-0.05, 0) is 17.7 Å². The summed E-state index contributed by atoms with van der Waals surface area (Å²) >= 11 is 0. The molecule has 9 heteroatoms. The van der Waals surface area contributed by atoms with Crippen LogP contribution in [0.5, 0.6) is 5.75 Å². The van der Waals surface area contributed by atoms with E-state index in [1.54, 1.807) is 11.8 Å². The summed E-state index contributed by atoms with van der Waals surface area (Å²) in [5.74, 6) is 1.77. The second-order valence-electron chi connectivity index (χ2n) is 8.20. The maximum atomic E-state index is 6.60. The van der Waals surface area contributed by atoms with Crippen molar-refractivity contribution < 1.29 is 9.47 Å². The summed E-state index contributed by atoms with van der Waals surface area (Å²) in [6.07, 6.45) is 0. The Bertz CT molecular complexity index is 1250. The standard InChI is InChI=1S/C25H29N7O2/c1-33-20-10-6-5-9-19(20)22-21-23(26)32(17-18-7-3-2-4-8-18)30-24(21)29-25(28-22)27-11-12-31-13-15-34-16-14-31/h2-10H,11-17,26H2,1H3,(H,27,29,30). The number of ether oxygens (including phenoxy) is 2. The van der Waals surface area contributed by atoms with Crippen LogP contribution in [0.15, 0.2) is 54.6 Å². The molecule has 1 fully saturated rings. The number of nitrogens with two attached hydrogens (primary N) is 1. The molecule has 5 rings (SSSR count). The molecular formula is C25H29N7O2. The normalized spacial score (nSPS) is 14.4. The summed E-state index contributed by atoms with van der Waals surface area (Å²) in [6, 6.07) is 17.9. The quantitative estimate of drug-likeness (QED) is 0.415. The molecule has 176 valence electrons. The van der Waals surface area contributed by atoms with Crippen LogP contribution in [0, 0.1) is 0 Å². The van der Waals surface area contributed by atoms with Crippen molar-refractivity contribution in [3.8, 4) is 17.0 Å². The molecule has 34 heavy (non-hydrogen) atoms. The molecule has 2 aromatic carbocycles. The van der Waals surface area contributed by atoms with Gasteiger partial charge in [0.1, 0.15) is 11.6 Å². The van der Waals surface area contributed by atoms with E-state index in [1.807, 2.05) is 42.5 Å². The summed E-state index contributed by atoms with van der Waals surface area (Å²) in [5.41, 5.74) is 9.82. The van der Waals surface area contributed by atoms with Gasteiger partial charge in [0.15, 0.2) is 5.65 Å². The monoisotopic (exact) mass is 459 g/mol. The van der Waals surface area contributed by atoms with Crippen LogP contribution in [0.1, 0.15) is 5.56 Å². The lowest BCUT2D eigenvalue weighted by Gasteiger charge is -2.26. The zero-order valence-electron chi connectivity index (χ0n) is 19.3. The molecule has 0 bridgehead atoms. The maximum Gasteiger partial charge on any atom is 0.225 e. The molecule has 1 aliphatic rings. The summed E-state index contributed by atoms with van der Waals surface area (Å²) < 4.78 is 12.8. The number of hydrogen-bond donors (Lipinski definition) is 2. The molecule has 3 N–H and O–H groups in total. The van der Waals surface area contributed by atoms with Crippen LogP contribution in [-0.4, -0.2) is 71.2 Å². The first-order valence-electron chi connectivity index (χ1n) is 11.5. The first-order chi connectivity index (χ1) is 16.7. The Morgan fingerprint density at radius 2 is 1.79 bits per heavy atom. The predicted octanol–water partition coefficient (Wildman–Crippen LogP) is 2.88. The van der Waals surface area contributed by atoms with E-state index in [1.165, 1.54) is 0 Å². The van der Waals surface area contributed by atoms with Gasteiger partial charge in [-0.15, -0.1) is 5.10 Å². The average molecular weight is 460 g/mol. The molecule has 1 aliphatic heterocycles. The highest BCUT2D eigenvalue weighted by Crippen LogP contribution is 2.36. The van der Waals surface area contributed by atoms with Crippen molar-refractivity contribution in [2.24, 2.45) is 0 Å². The van der Waals surface area contributed by atoms with E-state index in [-0.39, 0.29) is 0 Å². The maximum absolute atomic E-state index is 6.60. The number of benzene rings is 2. The van der Waals surface area contributed by atoms with Crippen molar-refractivity contribution in [3.05, 3.63) is 60.2 Å². The third-order valence-corrected chi connectivity index (χ3v) is 5.99. The number of fused-ring (bicyclic) bond motifs is 1. The van der Waals surface area contributed by atoms with Crippen molar-refractivity contribution in [1.29, 1.82) is 0 Å². The fourth-order valence-corrected chi connectivity index (χ4v) is 4.20. The minimum atomic E-state index is 0.519.